The smallest absolute Gasteiger partial charge is 0.220 e. The number of hydrogen-bond donors (Lipinski definition) is 2. The first-order chi connectivity index (χ1) is 6.18. The van der Waals surface area contributed by atoms with Crippen LogP contribution in [-0.2, 0) is 6.54 Å². The second kappa shape index (κ2) is 3.14. The molecule has 72 valence electrons. The zero-order valence-electron chi connectivity index (χ0n) is 7.66. The van der Waals surface area contributed by atoms with E-state index in [1.807, 2.05) is 4.57 Å². The Balaban J connectivity index is 2.11. The molecule has 4 nitrogen and oxygen atoms in total. The van der Waals surface area contributed by atoms with Crippen LogP contribution < -0.4 is 5.73 Å². The number of aromatic amines is 1. The van der Waals surface area contributed by atoms with Gasteiger partial charge >= 0.3 is 0 Å². The molecule has 1 aromatic heterocycles. The van der Waals surface area contributed by atoms with E-state index < -0.39 is 0 Å². The largest absolute Gasteiger partial charge is 0.368 e. The van der Waals surface area contributed by atoms with Gasteiger partial charge in [-0.15, -0.1) is 5.10 Å². The van der Waals surface area contributed by atoms with Crippen LogP contribution in [0.1, 0.15) is 19.8 Å². The van der Waals surface area contributed by atoms with Gasteiger partial charge in [0.1, 0.15) is 0 Å². The van der Waals surface area contributed by atoms with Crippen molar-refractivity contribution >= 4 is 18.2 Å². The first kappa shape index (κ1) is 8.74. The molecule has 0 saturated heterocycles. The molecule has 1 unspecified atom stereocenters. The molecule has 0 amide bonds. The van der Waals surface area contributed by atoms with Gasteiger partial charge in [0.15, 0.2) is 4.77 Å². The molecule has 0 aromatic carbocycles. The van der Waals surface area contributed by atoms with Crippen LogP contribution in [0.2, 0.25) is 0 Å². The summed E-state index contributed by atoms with van der Waals surface area (Å²) in [4.78, 5) is 0. The predicted octanol–water partition coefficient (Wildman–Crippen LogP) is 1.57. The number of nitrogens with two attached hydrogens (primary N) is 1. The molecule has 1 atom stereocenters. The Morgan fingerprint density at radius 3 is 2.92 bits per heavy atom. The van der Waals surface area contributed by atoms with Crippen molar-refractivity contribution in [3.8, 4) is 0 Å². The maximum Gasteiger partial charge on any atom is 0.220 e. The van der Waals surface area contributed by atoms with Crippen molar-refractivity contribution < 1.29 is 0 Å². The lowest BCUT2D eigenvalue weighted by atomic mass is 10.1. The van der Waals surface area contributed by atoms with Gasteiger partial charge in [0.25, 0.3) is 0 Å². The average Bonchev–Trinajstić information content (AvgIpc) is 2.88. The molecule has 1 fully saturated rings. The third kappa shape index (κ3) is 1.75. The molecule has 1 aromatic rings. The van der Waals surface area contributed by atoms with Crippen LogP contribution in [0.3, 0.4) is 0 Å². The molecule has 0 aliphatic heterocycles. The third-order valence-corrected chi connectivity index (χ3v) is 3.00. The maximum absolute atomic E-state index is 5.66. The van der Waals surface area contributed by atoms with Crippen molar-refractivity contribution in [1.82, 2.24) is 14.8 Å². The van der Waals surface area contributed by atoms with Crippen LogP contribution in [0.25, 0.3) is 0 Å². The first-order valence-electron chi connectivity index (χ1n) is 4.59. The first-order valence-corrected chi connectivity index (χ1v) is 5.00. The minimum absolute atomic E-state index is 0.498. The zero-order chi connectivity index (χ0) is 9.42. The van der Waals surface area contributed by atoms with Gasteiger partial charge < -0.3 is 5.73 Å². The highest BCUT2D eigenvalue weighted by molar-refractivity contribution is 7.71. The summed E-state index contributed by atoms with van der Waals surface area (Å²) in [5.74, 6) is 2.03. The zero-order valence-corrected chi connectivity index (χ0v) is 8.47. The Morgan fingerprint density at radius 1 is 1.77 bits per heavy atom. The number of anilines is 1. The van der Waals surface area contributed by atoms with Crippen LogP contribution >= 0.6 is 12.2 Å². The van der Waals surface area contributed by atoms with Gasteiger partial charge in [-0.05, 0) is 36.9 Å². The Labute approximate surface area is 82.1 Å². The van der Waals surface area contributed by atoms with E-state index in [-0.39, 0.29) is 0 Å². The van der Waals surface area contributed by atoms with Crippen molar-refractivity contribution in [2.45, 2.75) is 26.3 Å². The Kier molecular flexibility index (Phi) is 2.11. The fourth-order valence-electron chi connectivity index (χ4n) is 1.61. The minimum atomic E-state index is 0.498. The van der Waals surface area contributed by atoms with E-state index in [9.17, 15) is 0 Å². The fourth-order valence-corrected chi connectivity index (χ4v) is 1.82. The maximum atomic E-state index is 5.66. The van der Waals surface area contributed by atoms with E-state index >= 15 is 0 Å². The van der Waals surface area contributed by atoms with Crippen LogP contribution in [-0.4, -0.2) is 14.8 Å². The van der Waals surface area contributed by atoms with Crippen LogP contribution in [0, 0.1) is 16.6 Å². The normalized spacial score (nSPS) is 18.8. The number of H-pyrrole nitrogens is 1. The number of nitrogens with zero attached hydrogens (tertiary/aromatic N) is 2. The topological polar surface area (TPSA) is 59.6 Å². The second-order valence-corrected chi connectivity index (χ2v) is 4.20. The molecule has 1 aliphatic carbocycles. The van der Waals surface area contributed by atoms with E-state index in [0.717, 1.165) is 12.5 Å². The summed E-state index contributed by atoms with van der Waals surface area (Å²) < 4.78 is 2.50. The minimum Gasteiger partial charge on any atom is -0.368 e. The van der Waals surface area contributed by atoms with E-state index in [2.05, 4.69) is 17.1 Å². The number of aromatic nitrogens is 3. The molecular weight excluding hydrogens is 184 g/mol. The highest BCUT2D eigenvalue weighted by Crippen LogP contribution is 2.37. The summed E-state index contributed by atoms with van der Waals surface area (Å²) in [5.41, 5.74) is 5.66. The SMILES string of the molecule is CC(Cn1c(N)n[nH]c1=S)C1CC1. The second-order valence-electron chi connectivity index (χ2n) is 3.81. The molecule has 1 heterocycles. The highest BCUT2D eigenvalue weighted by Gasteiger charge is 2.28. The lowest BCUT2D eigenvalue weighted by Crippen LogP contribution is -2.11. The molecule has 5 heteroatoms. The van der Waals surface area contributed by atoms with E-state index in [4.69, 9.17) is 18.0 Å². The van der Waals surface area contributed by atoms with Gasteiger partial charge in [0.2, 0.25) is 5.95 Å². The fraction of sp³-hybridized carbons (Fsp3) is 0.750. The van der Waals surface area contributed by atoms with Crippen LogP contribution in [0.15, 0.2) is 0 Å². The highest BCUT2D eigenvalue weighted by atomic mass is 32.1. The monoisotopic (exact) mass is 198 g/mol. The summed E-state index contributed by atoms with van der Waals surface area (Å²) in [6, 6.07) is 0. The van der Waals surface area contributed by atoms with Crippen molar-refractivity contribution in [3.63, 3.8) is 0 Å². The van der Waals surface area contributed by atoms with E-state index in [0.29, 0.717) is 16.6 Å². The summed E-state index contributed by atoms with van der Waals surface area (Å²) in [6.45, 7) is 3.14. The molecule has 0 spiro atoms. The predicted molar refractivity (Wildman–Crippen MR) is 53.7 cm³/mol. The molecule has 3 N–H and O–H groups in total. The molecule has 0 radical (unpaired) electrons. The quantitative estimate of drug-likeness (QED) is 0.725. The van der Waals surface area contributed by atoms with Gasteiger partial charge in [0.05, 0.1) is 0 Å². The van der Waals surface area contributed by atoms with E-state index in [1.165, 1.54) is 12.8 Å². The standard InChI is InChI=1S/C8H14N4S/c1-5(6-2-3-6)4-12-7(9)10-11-8(12)13/h5-6H,2-4H2,1H3,(H2,9,10)(H,11,13). The molecule has 13 heavy (non-hydrogen) atoms. The number of rotatable bonds is 3. The molecule has 1 aliphatic rings. The molecule has 2 rings (SSSR count). The third-order valence-electron chi connectivity index (χ3n) is 2.69. The Bertz CT molecular complexity index is 349. The molecular formula is C8H14N4S. The van der Waals surface area contributed by atoms with Crippen molar-refractivity contribution in [2.75, 3.05) is 5.73 Å². The van der Waals surface area contributed by atoms with Crippen molar-refractivity contribution in [1.29, 1.82) is 0 Å². The average molecular weight is 198 g/mol. The molecule has 0 bridgehead atoms. The van der Waals surface area contributed by atoms with Crippen molar-refractivity contribution in [2.24, 2.45) is 11.8 Å². The molecule has 1 saturated carbocycles. The van der Waals surface area contributed by atoms with Gasteiger partial charge in [-0.2, -0.15) is 0 Å². The number of nitrogen functional groups attached to an aromatic ring is 1. The Morgan fingerprint density at radius 2 is 2.46 bits per heavy atom. The summed E-state index contributed by atoms with van der Waals surface area (Å²) in [7, 11) is 0. The van der Waals surface area contributed by atoms with Crippen LogP contribution in [0.5, 0.6) is 0 Å². The van der Waals surface area contributed by atoms with Gasteiger partial charge in [-0.25, -0.2) is 5.10 Å². The van der Waals surface area contributed by atoms with Crippen molar-refractivity contribution in [3.05, 3.63) is 4.77 Å². The lowest BCUT2D eigenvalue weighted by molar-refractivity contribution is 0.430. The van der Waals surface area contributed by atoms with E-state index in [1.54, 1.807) is 0 Å². The van der Waals surface area contributed by atoms with Gasteiger partial charge in [-0.3, -0.25) is 4.57 Å². The number of nitrogens with one attached hydrogen (secondary N) is 1. The Hall–Kier alpha value is -0.840. The van der Waals surface area contributed by atoms with Crippen LogP contribution in [0.4, 0.5) is 5.95 Å². The summed E-state index contributed by atoms with van der Waals surface area (Å²) in [5, 5.41) is 6.56. The van der Waals surface area contributed by atoms with Gasteiger partial charge in [-0.1, -0.05) is 6.92 Å². The number of hydrogen-bond acceptors (Lipinski definition) is 3. The van der Waals surface area contributed by atoms with Gasteiger partial charge in [0, 0.05) is 6.54 Å². The summed E-state index contributed by atoms with van der Waals surface area (Å²) in [6.07, 6.45) is 2.71. The lowest BCUT2D eigenvalue weighted by Gasteiger charge is -2.10. The summed E-state index contributed by atoms with van der Waals surface area (Å²) >= 11 is 5.06.